The number of carbonyl (C=O) groups is 2. The van der Waals surface area contributed by atoms with Crippen LogP contribution in [0.2, 0.25) is 0 Å². The van der Waals surface area contributed by atoms with E-state index in [0.29, 0.717) is 11.4 Å². The zero-order valence-corrected chi connectivity index (χ0v) is 21.2. The number of aromatic carboxylic acids is 1. The van der Waals surface area contributed by atoms with Gasteiger partial charge in [-0.1, -0.05) is 0 Å². The summed E-state index contributed by atoms with van der Waals surface area (Å²) in [6.07, 6.45) is 0. The average molecular weight is 505 g/mol. The lowest BCUT2D eigenvalue weighted by atomic mass is 10.1. The molecule has 0 spiro atoms. The normalized spacial score (nSPS) is 10.8. The van der Waals surface area contributed by atoms with Crippen LogP contribution in [0.4, 0.5) is 0 Å². The molecule has 0 aliphatic heterocycles. The molecule has 0 bridgehead atoms. The molecule has 37 heavy (non-hydrogen) atoms. The van der Waals surface area contributed by atoms with Crippen molar-refractivity contribution in [3.05, 3.63) is 88.5 Å². The Bertz CT molecular complexity index is 1460. The van der Waals surface area contributed by atoms with Crippen LogP contribution in [0.3, 0.4) is 0 Å². The van der Waals surface area contributed by atoms with Gasteiger partial charge in [0.05, 0.1) is 18.4 Å². The van der Waals surface area contributed by atoms with E-state index in [1.165, 1.54) is 25.3 Å². The molecule has 2 N–H and O–H groups in total. The van der Waals surface area contributed by atoms with E-state index < -0.39 is 18.7 Å². The predicted molar refractivity (Wildman–Crippen MR) is 137 cm³/mol. The fourth-order valence-corrected chi connectivity index (χ4v) is 4.36. The molecule has 9 heteroatoms. The first-order valence-corrected chi connectivity index (χ1v) is 11.5. The van der Waals surface area contributed by atoms with Crippen LogP contribution in [-0.4, -0.2) is 45.2 Å². The number of carboxylic acids is 1. The standard InChI is InChI=1S/C28H28N2O7/c1-16-6-7-17(2)29(16)20-10-11-21(24(31)12-20)28(34)37-15-36-26-13-22(27(32)33)23(14-25(26)35-5)30-18(3)8-9-19(30)4/h6-14,31H,15H2,1-5H3,(H,32,33). The van der Waals surface area contributed by atoms with E-state index in [9.17, 15) is 19.8 Å². The number of aryl methyl sites for hydroxylation is 4. The van der Waals surface area contributed by atoms with Gasteiger partial charge in [-0.3, -0.25) is 0 Å². The zero-order valence-electron chi connectivity index (χ0n) is 21.2. The average Bonchev–Trinajstić information content (AvgIpc) is 3.37. The largest absolute Gasteiger partial charge is 0.507 e. The van der Waals surface area contributed by atoms with Crippen molar-refractivity contribution in [3.63, 3.8) is 0 Å². The van der Waals surface area contributed by atoms with Crippen LogP contribution in [0.1, 0.15) is 43.5 Å². The number of nitrogens with zero attached hydrogens (tertiary/aromatic N) is 2. The summed E-state index contributed by atoms with van der Waals surface area (Å²) >= 11 is 0. The number of benzene rings is 2. The summed E-state index contributed by atoms with van der Waals surface area (Å²) in [7, 11) is 1.43. The number of ether oxygens (including phenoxy) is 3. The lowest BCUT2D eigenvalue weighted by Gasteiger charge is -2.17. The number of hydrogen-bond acceptors (Lipinski definition) is 6. The van der Waals surface area contributed by atoms with E-state index >= 15 is 0 Å². The molecule has 192 valence electrons. The Morgan fingerprint density at radius 2 is 1.38 bits per heavy atom. The van der Waals surface area contributed by atoms with E-state index in [1.807, 2.05) is 56.5 Å². The molecular weight excluding hydrogens is 476 g/mol. The Kier molecular flexibility index (Phi) is 6.97. The third-order valence-corrected chi connectivity index (χ3v) is 6.16. The summed E-state index contributed by atoms with van der Waals surface area (Å²) in [6.45, 7) is 7.11. The SMILES string of the molecule is COc1cc(-n2c(C)ccc2C)c(C(=O)O)cc1OCOC(=O)c1ccc(-n2c(C)ccc2C)cc1O. The highest BCUT2D eigenvalue weighted by Gasteiger charge is 2.21. The maximum absolute atomic E-state index is 12.6. The van der Waals surface area contributed by atoms with E-state index in [-0.39, 0.29) is 28.4 Å². The molecule has 0 saturated heterocycles. The molecule has 2 aromatic heterocycles. The second-order valence-electron chi connectivity index (χ2n) is 8.62. The summed E-state index contributed by atoms with van der Waals surface area (Å²) in [5.41, 5.74) is 4.80. The van der Waals surface area contributed by atoms with E-state index in [4.69, 9.17) is 14.2 Å². The molecule has 0 fully saturated rings. The second kappa shape index (κ2) is 10.1. The quantitative estimate of drug-likeness (QED) is 0.253. The summed E-state index contributed by atoms with van der Waals surface area (Å²) < 4.78 is 19.9. The number of esters is 1. The molecule has 2 aromatic carbocycles. The maximum Gasteiger partial charge on any atom is 0.344 e. The summed E-state index contributed by atoms with van der Waals surface area (Å²) in [6, 6.07) is 15.3. The summed E-state index contributed by atoms with van der Waals surface area (Å²) in [4.78, 5) is 24.6. The van der Waals surface area contributed by atoms with E-state index in [0.717, 1.165) is 22.8 Å². The minimum absolute atomic E-state index is 0.00615. The molecular formula is C28H28N2O7. The molecule has 0 radical (unpaired) electrons. The lowest BCUT2D eigenvalue weighted by Crippen LogP contribution is -2.13. The predicted octanol–water partition coefficient (Wildman–Crippen LogP) is 5.11. The molecule has 9 nitrogen and oxygen atoms in total. The van der Waals surface area contributed by atoms with Crippen molar-refractivity contribution in [3.8, 4) is 28.6 Å². The molecule has 0 aliphatic carbocycles. The molecule has 0 aliphatic rings. The number of methoxy groups -OCH3 is 1. The van der Waals surface area contributed by atoms with Crippen LogP contribution < -0.4 is 9.47 Å². The van der Waals surface area contributed by atoms with Crippen molar-refractivity contribution >= 4 is 11.9 Å². The van der Waals surface area contributed by atoms with Crippen molar-refractivity contribution in [2.24, 2.45) is 0 Å². The van der Waals surface area contributed by atoms with Crippen molar-refractivity contribution in [2.75, 3.05) is 13.9 Å². The number of hydrogen-bond donors (Lipinski definition) is 2. The number of aromatic hydroxyl groups is 1. The first kappa shape index (κ1) is 25.4. The molecule has 0 unspecified atom stereocenters. The number of carboxylic acid groups (broad SMARTS) is 1. The lowest BCUT2D eigenvalue weighted by molar-refractivity contribution is 0.0143. The second-order valence-corrected chi connectivity index (χ2v) is 8.62. The molecule has 2 heterocycles. The van der Waals surface area contributed by atoms with Gasteiger partial charge >= 0.3 is 11.9 Å². The van der Waals surface area contributed by atoms with Gasteiger partial charge in [-0.15, -0.1) is 0 Å². The van der Waals surface area contributed by atoms with Crippen LogP contribution in [0.5, 0.6) is 17.2 Å². The summed E-state index contributed by atoms with van der Waals surface area (Å²) in [5, 5.41) is 20.3. The Hall–Kier alpha value is -4.66. The summed E-state index contributed by atoms with van der Waals surface area (Å²) in [5.74, 6) is -1.81. The third kappa shape index (κ3) is 4.88. The molecule has 4 aromatic rings. The van der Waals surface area contributed by atoms with Crippen LogP contribution in [-0.2, 0) is 4.74 Å². The first-order valence-electron chi connectivity index (χ1n) is 11.5. The van der Waals surface area contributed by atoms with Gasteiger partial charge in [0.2, 0.25) is 6.79 Å². The van der Waals surface area contributed by atoms with Gasteiger partial charge in [0.25, 0.3) is 0 Å². The van der Waals surface area contributed by atoms with E-state index in [2.05, 4.69) is 0 Å². The minimum atomic E-state index is -1.15. The highest BCUT2D eigenvalue weighted by atomic mass is 16.7. The number of aromatic nitrogens is 2. The van der Waals surface area contributed by atoms with Crippen LogP contribution in [0, 0.1) is 27.7 Å². The Morgan fingerprint density at radius 3 is 1.92 bits per heavy atom. The smallest absolute Gasteiger partial charge is 0.344 e. The Labute approximate surface area is 214 Å². The maximum atomic E-state index is 12.6. The van der Waals surface area contributed by atoms with Gasteiger partial charge in [0, 0.05) is 46.7 Å². The van der Waals surface area contributed by atoms with Crippen molar-refractivity contribution in [2.45, 2.75) is 27.7 Å². The fraction of sp³-hybridized carbons (Fsp3) is 0.214. The Morgan fingerprint density at radius 1 is 0.784 bits per heavy atom. The van der Waals surface area contributed by atoms with E-state index in [1.54, 1.807) is 16.7 Å². The van der Waals surface area contributed by atoms with Crippen molar-refractivity contribution < 1.29 is 34.0 Å². The van der Waals surface area contributed by atoms with Crippen molar-refractivity contribution in [1.29, 1.82) is 0 Å². The van der Waals surface area contributed by atoms with Gasteiger partial charge in [0.15, 0.2) is 11.5 Å². The number of carbonyl (C=O) groups excluding carboxylic acids is 1. The van der Waals surface area contributed by atoms with Gasteiger partial charge < -0.3 is 33.6 Å². The first-order chi connectivity index (χ1) is 17.6. The molecule has 0 atom stereocenters. The van der Waals surface area contributed by atoms with Crippen LogP contribution in [0.15, 0.2) is 54.6 Å². The highest BCUT2D eigenvalue weighted by molar-refractivity contribution is 5.94. The van der Waals surface area contributed by atoms with Gasteiger partial charge in [0.1, 0.15) is 11.3 Å². The van der Waals surface area contributed by atoms with Crippen LogP contribution >= 0.6 is 0 Å². The number of phenols is 1. The highest BCUT2D eigenvalue weighted by Crippen LogP contribution is 2.34. The fourth-order valence-electron chi connectivity index (χ4n) is 4.36. The molecule has 4 rings (SSSR count). The topological polar surface area (TPSA) is 112 Å². The molecule has 0 saturated carbocycles. The number of phenolic OH excluding ortho intramolecular Hbond substituents is 1. The molecule has 0 amide bonds. The van der Waals surface area contributed by atoms with Crippen LogP contribution in [0.25, 0.3) is 11.4 Å². The Balaban J connectivity index is 1.53. The number of rotatable bonds is 8. The van der Waals surface area contributed by atoms with Gasteiger partial charge in [-0.2, -0.15) is 0 Å². The zero-order chi connectivity index (χ0) is 26.9. The van der Waals surface area contributed by atoms with Gasteiger partial charge in [-0.05, 0) is 64.1 Å². The third-order valence-electron chi connectivity index (χ3n) is 6.16. The minimum Gasteiger partial charge on any atom is -0.507 e. The van der Waals surface area contributed by atoms with Gasteiger partial charge in [-0.25, -0.2) is 9.59 Å². The van der Waals surface area contributed by atoms with Crippen molar-refractivity contribution in [1.82, 2.24) is 9.13 Å². The monoisotopic (exact) mass is 504 g/mol.